The van der Waals surface area contributed by atoms with Crippen LogP contribution in [0.1, 0.15) is 19.2 Å². The van der Waals surface area contributed by atoms with Crippen molar-refractivity contribution in [3.8, 4) is 11.4 Å². The minimum atomic E-state index is -0.0555. The quantitative estimate of drug-likeness (QED) is 0.681. The molecule has 2 aliphatic heterocycles. The predicted octanol–water partition coefficient (Wildman–Crippen LogP) is 1.53. The first-order valence-electron chi connectivity index (χ1n) is 10.9. The monoisotopic (exact) mass is 413 g/mol. The van der Waals surface area contributed by atoms with Crippen LogP contribution in [0.5, 0.6) is 0 Å². The molecule has 0 N–H and O–H groups in total. The minimum absolute atomic E-state index is 0.0555. The topological polar surface area (TPSA) is 74.9 Å². The van der Waals surface area contributed by atoms with Crippen LogP contribution in [0.3, 0.4) is 0 Å². The maximum absolute atomic E-state index is 12.7. The summed E-state index contributed by atoms with van der Waals surface area (Å²) < 4.78 is 10.8. The Kier molecular flexibility index (Phi) is 7.09. The first-order valence-corrected chi connectivity index (χ1v) is 10.9. The van der Waals surface area contributed by atoms with E-state index in [0.717, 1.165) is 51.1 Å². The summed E-state index contributed by atoms with van der Waals surface area (Å²) in [4.78, 5) is 23.9. The van der Waals surface area contributed by atoms with Gasteiger partial charge in [-0.05, 0) is 19.9 Å². The number of hydrogen-bond acceptors (Lipinski definition) is 7. The van der Waals surface area contributed by atoms with Crippen LogP contribution >= 0.6 is 0 Å². The number of benzene rings is 1. The lowest BCUT2D eigenvalue weighted by Crippen LogP contribution is -2.55. The highest BCUT2D eigenvalue weighted by Crippen LogP contribution is 2.16. The smallest absolute Gasteiger partial charge is 0.239 e. The van der Waals surface area contributed by atoms with E-state index in [9.17, 15) is 4.79 Å². The number of aryl methyl sites for hydroxylation is 1. The number of piperazine rings is 1. The summed E-state index contributed by atoms with van der Waals surface area (Å²) in [5.41, 5.74) is 0.976. The molecule has 2 aromatic rings. The SMILES string of the molecule is CC(C(=O)N1CCOCC1)N1CCN(CCCc2nc(-c3ccccc3)no2)CC1. The number of amides is 1. The molecule has 3 heterocycles. The van der Waals surface area contributed by atoms with Crippen molar-refractivity contribution >= 4 is 5.91 Å². The fourth-order valence-corrected chi connectivity index (χ4v) is 4.09. The Morgan fingerprint density at radius 2 is 1.80 bits per heavy atom. The van der Waals surface area contributed by atoms with E-state index in [1.165, 1.54) is 0 Å². The Morgan fingerprint density at radius 1 is 1.07 bits per heavy atom. The second kappa shape index (κ2) is 10.1. The van der Waals surface area contributed by atoms with Crippen LogP contribution in [0.2, 0.25) is 0 Å². The van der Waals surface area contributed by atoms with Crippen LogP contribution in [-0.2, 0) is 16.0 Å². The van der Waals surface area contributed by atoms with Gasteiger partial charge < -0.3 is 19.1 Å². The molecule has 0 spiro atoms. The van der Waals surface area contributed by atoms with E-state index >= 15 is 0 Å². The lowest BCUT2D eigenvalue weighted by Gasteiger charge is -2.39. The van der Waals surface area contributed by atoms with Gasteiger partial charge in [0.25, 0.3) is 0 Å². The summed E-state index contributed by atoms with van der Waals surface area (Å²) in [5, 5.41) is 4.09. The molecule has 1 atom stereocenters. The van der Waals surface area contributed by atoms with E-state index in [4.69, 9.17) is 9.26 Å². The molecule has 0 bridgehead atoms. The molecule has 2 fully saturated rings. The summed E-state index contributed by atoms with van der Waals surface area (Å²) in [5.74, 6) is 1.58. The molecule has 162 valence electrons. The van der Waals surface area contributed by atoms with Crippen LogP contribution in [0.15, 0.2) is 34.9 Å². The van der Waals surface area contributed by atoms with Crippen molar-refractivity contribution < 1.29 is 14.1 Å². The third-order valence-corrected chi connectivity index (χ3v) is 6.00. The van der Waals surface area contributed by atoms with Gasteiger partial charge in [-0.1, -0.05) is 35.5 Å². The van der Waals surface area contributed by atoms with E-state index < -0.39 is 0 Å². The van der Waals surface area contributed by atoms with E-state index in [-0.39, 0.29) is 11.9 Å². The van der Waals surface area contributed by atoms with Crippen LogP contribution < -0.4 is 0 Å². The Balaban J connectivity index is 1.17. The molecule has 2 aliphatic rings. The number of carbonyl (C=O) groups is 1. The summed E-state index contributed by atoms with van der Waals surface area (Å²) in [6, 6.07) is 9.84. The second-order valence-corrected chi connectivity index (χ2v) is 7.97. The summed E-state index contributed by atoms with van der Waals surface area (Å²) in [6.07, 6.45) is 1.77. The number of ether oxygens (including phenoxy) is 1. The van der Waals surface area contributed by atoms with Gasteiger partial charge in [-0.3, -0.25) is 9.69 Å². The van der Waals surface area contributed by atoms with Crippen LogP contribution in [-0.4, -0.2) is 95.8 Å². The van der Waals surface area contributed by atoms with E-state index in [1.807, 2.05) is 42.2 Å². The second-order valence-electron chi connectivity index (χ2n) is 7.97. The average molecular weight is 414 g/mol. The summed E-state index contributed by atoms with van der Waals surface area (Å²) >= 11 is 0. The average Bonchev–Trinajstić information content (AvgIpc) is 3.29. The van der Waals surface area contributed by atoms with Gasteiger partial charge in [0.2, 0.25) is 17.6 Å². The van der Waals surface area contributed by atoms with Gasteiger partial charge in [0, 0.05) is 51.3 Å². The molecule has 30 heavy (non-hydrogen) atoms. The van der Waals surface area contributed by atoms with Crippen molar-refractivity contribution in [2.24, 2.45) is 0 Å². The highest BCUT2D eigenvalue weighted by atomic mass is 16.5. The lowest BCUT2D eigenvalue weighted by molar-refractivity contribution is -0.141. The Morgan fingerprint density at radius 3 is 2.53 bits per heavy atom. The maximum atomic E-state index is 12.7. The largest absolute Gasteiger partial charge is 0.378 e. The number of aromatic nitrogens is 2. The molecule has 4 rings (SSSR count). The molecule has 8 heteroatoms. The number of nitrogens with zero attached hydrogens (tertiary/aromatic N) is 5. The Hall–Kier alpha value is -2.29. The Labute approximate surface area is 177 Å². The standard InChI is InChI=1S/C22H31N5O3/c1-18(22(28)27-14-16-29-17-15-27)26-12-10-25(11-13-26)9-5-8-20-23-21(24-30-20)19-6-3-2-4-7-19/h2-4,6-7,18H,5,8-17H2,1H3. The van der Waals surface area contributed by atoms with Gasteiger partial charge in [-0.2, -0.15) is 4.98 Å². The molecular formula is C22H31N5O3. The van der Waals surface area contributed by atoms with Gasteiger partial charge in [-0.15, -0.1) is 0 Å². The van der Waals surface area contributed by atoms with Crippen LogP contribution in [0.25, 0.3) is 11.4 Å². The van der Waals surface area contributed by atoms with Crippen molar-refractivity contribution in [2.45, 2.75) is 25.8 Å². The minimum Gasteiger partial charge on any atom is -0.378 e. The molecule has 1 aromatic heterocycles. The first kappa shape index (κ1) is 21.0. The first-order chi connectivity index (χ1) is 14.7. The van der Waals surface area contributed by atoms with Gasteiger partial charge in [-0.25, -0.2) is 0 Å². The zero-order valence-corrected chi connectivity index (χ0v) is 17.7. The fourth-order valence-electron chi connectivity index (χ4n) is 4.09. The third kappa shape index (κ3) is 5.24. The van der Waals surface area contributed by atoms with Crippen LogP contribution in [0.4, 0.5) is 0 Å². The fraction of sp³-hybridized carbons (Fsp3) is 0.591. The number of hydrogen-bond donors (Lipinski definition) is 0. The van der Waals surface area contributed by atoms with Gasteiger partial charge in [0.1, 0.15) is 0 Å². The zero-order chi connectivity index (χ0) is 20.8. The number of morpholine rings is 1. The predicted molar refractivity (Wildman–Crippen MR) is 113 cm³/mol. The molecule has 8 nitrogen and oxygen atoms in total. The molecule has 0 radical (unpaired) electrons. The number of rotatable bonds is 7. The van der Waals surface area contributed by atoms with Crippen molar-refractivity contribution in [2.75, 3.05) is 59.0 Å². The molecular weight excluding hydrogens is 382 g/mol. The van der Waals surface area contributed by atoms with Crippen molar-refractivity contribution in [1.82, 2.24) is 24.8 Å². The highest BCUT2D eigenvalue weighted by Gasteiger charge is 2.29. The molecule has 0 aliphatic carbocycles. The van der Waals surface area contributed by atoms with Gasteiger partial charge in [0.05, 0.1) is 19.3 Å². The normalized spacial score (nSPS) is 19.7. The molecule has 1 amide bonds. The zero-order valence-electron chi connectivity index (χ0n) is 17.7. The van der Waals surface area contributed by atoms with E-state index in [1.54, 1.807) is 0 Å². The van der Waals surface area contributed by atoms with Crippen molar-refractivity contribution in [3.63, 3.8) is 0 Å². The lowest BCUT2D eigenvalue weighted by atomic mass is 10.2. The van der Waals surface area contributed by atoms with Crippen molar-refractivity contribution in [1.29, 1.82) is 0 Å². The highest BCUT2D eigenvalue weighted by molar-refractivity contribution is 5.81. The van der Waals surface area contributed by atoms with Gasteiger partial charge in [0.15, 0.2) is 0 Å². The molecule has 1 unspecified atom stereocenters. The maximum Gasteiger partial charge on any atom is 0.239 e. The van der Waals surface area contributed by atoms with Crippen molar-refractivity contribution in [3.05, 3.63) is 36.2 Å². The Bertz CT molecular complexity index is 798. The molecule has 1 aromatic carbocycles. The molecule has 2 saturated heterocycles. The summed E-state index contributed by atoms with van der Waals surface area (Å²) in [7, 11) is 0. The molecule has 0 saturated carbocycles. The summed E-state index contributed by atoms with van der Waals surface area (Å²) in [6.45, 7) is 9.59. The third-order valence-electron chi connectivity index (χ3n) is 6.00. The van der Waals surface area contributed by atoms with Crippen LogP contribution in [0, 0.1) is 0 Å². The number of carbonyl (C=O) groups excluding carboxylic acids is 1. The van der Waals surface area contributed by atoms with Gasteiger partial charge >= 0.3 is 0 Å². The van der Waals surface area contributed by atoms with E-state index in [0.29, 0.717) is 38.0 Å². The van der Waals surface area contributed by atoms with E-state index in [2.05, 4.69) is 19.9 Å².